The number of rotatable bonds is 6. The van der Waals surface area contributed by atoms with Gasteiger partial charge in [-0.2, -0.15) is 4.31 Å². The van der Waals surface area contributed by atoms with E-state index in [0.29, 0.717) is 31.1 Å². The maximum Gasteiger partial charge on any atom is 0.257 e. The van der Waals surface area contributed by atoms with Gasteiger partial charge in [-0.05, 0) is 31.0 Å². The molecule has 0 radical (unpaired) electrons. The molecule has 1 unspecified atom stereocenters. The summed E-state index contributed by atoms with van der Waals surface area (Å²) in [7, 11) is -0.212. The highest BCUT2D eigenvalue weighted by Gasteiger charge is 2.31. The van der Waals surface area contributed by atoms with Gasteiger partial charge in [0.2, 0.25) is 10.0 Å². The van der Waals surface area contributed by atoms with Crippen molar-refractivity contribution >= 4 is 15.8 Å². The van der Waals surface area contributed by atoms with Crippen molar-refractivity contribution in [1.29, 1.82) is 0 Å². The zero-order chi connectivity index (χ0) is 20.3. The molecule has 0 aliphatic carbocycles. The largest absolute Gasteiger partial charge is 0.470 e. The summed E-state index contributed by atoms with van der Waals surface area (Å²) in [6.45, 7) is 0.419. The van der Waals surface area contributed by atoms with Crippen LogP contribution >= 0.6 is 0 Å². The van der Waals surface area contributed by atoms with Gasteiger partial charge in [-0.15, -0.1) is 0 Å². The topological polar surface area (TPSA) is 75.6 Å². The number of aromatic nitrogens is 2. The van der Waals surface area contributed by atoms with Gasteiger partial charge in [0.05, 0.1) is 12.3 Å². The van der Waals surface area contributed by atoms with E-state index in [1.807, 2.05) is 14.1 Å². The number of benzene rings is 1. The van der Waals surface area contributed by atoms with Crippen molar-refractivity contribution in [3.63, 3.8) is 0 Å². The van der Waals surface area contributed by atoms with Crippen molar-refractivity contribution in [2.24, 2.45) is 0 Å². The molecule has 0 N–H and O–H groups in total. The zero-order valence-electron chi connectivity index (χ0n) is 15.7. The highest BCUT2D eigenvalue weighted by molar-refractivity contribution is 7.88. The maximum absolute atomic E-state index is 13.9. The van der Waals surface area contributed by atoms with Gasteiger partial charge in [-0.3, -0.25) is 0 Å². The minimum atomic E-state index is -3.83. The second-order valence-electron chi connectivity index (χ2n) is 6.81. The zero-order valence-corrected chi connectivity index (χ0v) is 16.5. The molecular formula is C18H22F2N4O3S. The van der Waals surface area contributed by atoms with E-state index in [0.717, 1.165) is 18.2 Å². The molecule has 152 valence electrons. The van der Waals surface area contributed by atoms with Crippen LogP contribution in [-0.4, -0.2) is 56.0 Å². The molecule has 0 bridgehead atoms. The third-order valence-electron chi connectivity index (χ3n) is 4.43. The Labute approximate surface area is 163 Å². The summed E-state index contributed by atoms with van der Waals surface area (Å²) < 4.78 is 59.9. The van der Waals surface area contributed by atoms with E-state index in [-0.39, 0.29) is 12.1 Å². The fourth-order valence-electron chi connectivity index (χ4n) is 3.06. The molecular weight excluding hydrogens is 390 g/mol. The molecule has 1 atom stereocenters. The van der Waals surface area contributed by atoms with E-state index >= 15 is 0 Å². The molecule has 0 amide bonds. The molecule has 1 aromatic carbocycles. The summed E-state index contributed by atoms with van der Waals surface area (Å²) in [6, 6.07) is 2.80. The van der Waals surface area contributed by atoms with Crippen LogP contribution < -0.4 is 9.64 Å². The standard InChI is InChI=1S/C18H22F2N4O3S/c1-23(2)17-18(22-8-7-21-17)27-15-4-3-9-24(11-15)28(25,26)12-13-10-14(19)5-6-16(13)20/h5-8,10,15H,3-4,9,11-12H2,1-2H3. The fourth-order valence-corrected chi connectivity index (χ4v) is 4.66. The van der Waals surface area contributed by atoms with Gasteiger partial charge in [-0.25, -0.2) is 27.2 Å². The molecule has 1 saturated heterocycles. The third kappa shape index (κ3) is 4.74. The molecule has 1 aliphatic heterocycles. The van der Waals surface area contributed by atoms with Crippen LogP contribution in [0.2, 0.25) is 0 Å². The minimum absolute atomic E-state index is 0.114. The molecule has 28 heavy (non-hydrogen) atoms. The highest BCUT2D eigenvalue weighted by atomic mass is 32.2. The monoisotopic (exact) mass is 412 g/mol. The van der Waals surface area contributed by atoms with Crippen LogP contribution in [0.3, 0.4) is 0 Å². The number of halogens is 2. The summed E-state index contributed by atoms with van der Waals surface area (Å²) in [5.74, 6) is -1.15. The molecule has 10 heteroatoms. The number of hydrogen-bond donors (Lipinski definition) is 0. The van der Waals surface area contributed by atoms with Gasteiger partial charge in [0, 0.05) is 38.6 Å². The Morgan fingerprint density at radius 3 is 2.75 bits per heavy atom. The average molecular weight is 412 g/mol. The molecule has 3 rings (SSSR count). The van der Waals surface area contributed by atoms with Gasteiger partial charge in [0.25, 0.3) is 5.88 Å². The van der Waals surface area contributed by atoms with Gasteiger partial charge in [0.1, 0.15) is 17.7 Å². The Hall–Kier alpha value is -2.33. The number of ether oxygens (including phenoxy) is 1. The Morgan fingerprint density at radius 1 is 1.25 bits per heavy atom. The number of hydrogen-bond acceptors (Lipinski definition) is 6. The van der Waals surface area contributed by atoms with E-state index in [4.69, 9.17) is 4.74 Å². The molecule has 2 heterocycles. The molecule has 2 aromatic rings. The van der Waals surface area contributed by atoms with E-state index in [9.17, 15) is 17.2 Å². The Morgan fingerprint density at radius 2 is 2.00 bits per heavy atom. The summed E-state index contributed by atoms with van der Waals surface area (Å²) >= 11 is 0. The van der Waals surface area contributed by atoms with E-state index in [1.165, 1.54) is 10.5 Å². The smallest absolute Gasteiger partial charge is 0.257 e. The average Bonchev–Trinajstić information content (AvgIpc) is 2.65. The van der Waals surface area contributed by atoms with Crippen LogP contribution in [-0.2, 0) is 15.8 Å². The fraction of sp³-hybridized carbons (Fsp3) is 0.444. The van der Waals surface area contributed by atoms with Gasteiger partial charge < -0.3 is 9.64 Å². The van der Waals surface area contributed by atoms with Crippen molar-refractivity contribution in [3.8, 4) is 5.88 Å². The van der Waals surface area contributed by atoms with Crippen molar-refractivity contribution in [1.82, 2.24) is 14.3 Å². The number of piperidine rings is 1. The Kier molecular flexibility index (Phi) is 6.09. The van der Waals surface area contributed by atoms with Crippen molar-refractivity contribution < 1.29 is 21.9 Å². The summed E-state index contributed by atoms with van der Waals surface area (Å²) in [4.78, 5) is 10.2. The predicted octanol–water partition coefficient (Wildman–Crippen LogP) is 2.19. The van der Waals surface area contributed by atoms with Crippen LogP contribution in [0.25, 0.3) is 0 Å². The second-order valence-corrected chi connectivity index (χ2v) is 8.78. The third-order valence-corrected chi connectivity index (χ3v) is 6.22. The Bertz CT molecular complexity index is 940. The molecule has 1 aromatic heterocycles. The quantitative estimate of drug-likeness (QED) is 0.724. The van der Waals surface area contributed by atoms with Crippen LogP contribution in [0.4, 0.5) is 14.6 Å². The predicted molar refractivity (Wildman–Crippen MR) is 101 cm³/mol. The van der Waals surface area contributed by atoms with Crippen LogP contribution in [0.1, 0.15) is 18.4 Å². The minimum Gasteiger partial charge on any atom is -0.470 e. The first-order chi connectivity index (χ1) is 13.3. The normalized spacial score (nSPS) is 18.1. The first-order valence-corrected chi connectivity index (χ1v) is 10.4. The number of anilines is 1. The van der Waals surface area contributed by atoms with E-state index in [2.05, 4.69) is 9.97 Å². The lowest BCUT2D eigenvalue weighted by atomic mass is 10.1. The lowest BCUT2D eigenvalue weighted by molar-refractivity contribution is 0.124. The van der Waals surface area contributed by atoms with Crippen molar-refractivity contribution in [2.45, 2.75) is 24.7 Å². The first kappa shape index (κ1) is 20.4. The number of nitrogens with zero attached hydrogens (tertiary/aromatic N) is 4. The lowest BCUT2D eigenvalue weighted by Gasteiger charge is -2.32. The Balaban J connectivity index is 1.73. The highest BCUT2D eigenvalue weighted by Crippen LogP contribution is 2.26. The molecule has 0 saturated carbocycles. The first-order valence-electron chi connectivity index (χ1n) is 8.83. The molecule has 0 spiro atoms. The maximum atomic E-state index is 13.9. The molecule has 1 fully saturated rings. The summed E-state index contributed by atoms with van der Waals surface area (Å²) in [5, 5.41) is 0. The van der Waals surface area contributed by atoms with Crippen LogP contribution in [0, 0.1) is 11.6 Å². The number of sulfonamides is 1. The summed E-state index contributed by atoms with van der Waals surface area (Å²) in [5.41, 5.74) is -0.188. The van der Waals surface area contributed by atoms with E-state index in [1.54, 1.807) is 11.1 Å². The second kappa shape index (κ2) is 8.36. The van der Waals surface area contributed by atoms with Gasteiger partial charge in [-0.1, -0.05) is 0 Å². The van der Waals surface area contributed by atoms with Crippen LogP contribution in [0.15, 0.2) is 30.6 Å². The van der Waals surface area contributed by atoms with Gasteiger partial charge in [0.15, 0.2) is 5.82 Å². The molecule has 1 aliphatic rings. The SMILES string of the molecule is CN(C)c1nccnc1OC1CCCN(S(=O)(=O)Cc2cc(F)ccc2F)C1. The van der Waals surface area contributed by atoms with Crippen molar-refractivity contribution in [3.05, 3.63) is 47.8 Å². The van der Waals surface area contributed by atoms with Crippen LogP contribution in [0.5, 0.6) is 5.88 Å². The van der Waals surface area contributed by atoms with Gasteiger partial charge >= 0.3 is 0 Å². The summed E-state index contributed by atoms with van der Waals surface area (Å²) in [6.07, 6.45) is 3.90. The van der Waals surface area contributed by atoms with E-state index < -0.39 is 33.5 Å². The molecule has 7 nitrogen and oxygen atoms in total. The van der Waals surface area contributed by atoms with Crippen molar-refractivity contribution in [2.75, 3.05) is 32.1 Å². The lowest BCUT2D eigenvalue weighted by Crippen LogP contribution is -2.45.